The van der Waals surface area contributed by atoms with Crippen molar-refractivity contribution in [2.24, 2.45) is 5.73 Å². The molecule has 0 amide bonds. The van der Waals surface area contributed by atoms with Crippen LogP contribution in [0.15, 0.2) is 23.1 Å². The van der Waals surface area contributed by atoms with Crippen molar-refractivity contribution in [3.63, 3.8) is 0 Å². The molecular weight excluding hydrogens is 228 g/mol. The summed E-state index contributed by atoms with van der Waals surface area (Å²) in [5.74, 6) is 0.531. The minimum absolute atomic E-state index is 0.531. The largest absolute Gasteiger partial charge is 0.358 e. The molecule has 1 aromatic carbocycles. The third kappa shape index (κ3) is 1.78. The van der Waals surface area contributed by atoms with Crippen molar-refractivity contribution < 1.29 is 0 Å². The lowest BCUT2D eigenvalue weighted by Crippen LogP contribution is -2.17. The molecule has 2 aromatic rings. The molecule has 3 heteroatoms. The van der Waals surface area contributed by atoms with Crippen LogP contribution in [-0.4, -0.2) is 17.8 Å². The number of aromatic nitrogens is 1. The van der Waals surface area contributed by atoms with Crippen molar-refractivity contribution in [3.05, 3.63) is 29.5 Å². The van der Waals surface area contributed by atoms with Crippen LogP contribution in [-0.2, 0) is 6.42 Å². The van der Waals surface area contributed by atoms with Gasteiger partial charge in [0.25, 0.3) is 0 Å². The standard InChI is InChI=1S/C14H18N2S/c1-17-10-5-6-13-12(7-10)11-4-2-3-9(8-15)14(11)16-13/h5-7,9,16H,2-4,8,15H2,1H3. The Morgan fingerprint density at radius 2 is 2.35 bits per heavy atom. The molecule has 1 aliphatic rings. The van der Waals surface area contributed by atoms with E-state index in [0.29, 0.717) is 5.92 Å². The van der Waals surface area contributed by atoms with Crippen molar-refractivity contribution in [1.82, 2.24) is 4.98 Å². The highest BCUT2D eigenvalue weighted by molar-refractivity contribution is 7.98. The first-order valence-corrected chi connectivity index (χ1v) is 7.44. The topological polar surface area (TPSA) is 41.8 Å². The number of thioether (sulfide) groups is 1. The molecule has 2 nitrogen and oxygen atoms in total. The zero-order chi connectivity index (χ0) is 11.8. The molecule has 0 saturated heterocycles. The molecule has 1 unspecified atom stereocenters. The van der Waals surface area contributed by atoms with Crippen LogP contribution in [0.2, 0.25) is 0 Å². The molecule has 0 fully saturated rings. The molecule has 0 saturated carbocycles. The number of nitrogens with two attached hydrogens (primary N) is 1. The van der Waals surface area contributed by atoms with Gasteiger partial charge < -0.3 is 10.7 Å². The van der Waals surface area contributed by atoms with Crippen LogP contribution in [0.3, 0.4) is 0 Å². The Morgan fingerprint density at radius 3 is 3.12 bits per heavy atom. The summed E-state index contributed by atoms with van der Waals surface area (Å²) in [6.45, 7) is 0.759. The molecule has 17 heavy (non-hydrogen) atoms. The molecule has 90 valence electrons. The first kappa shape index (κ1) is 11.2. The van der Waals surface area contributed by atoms with E-state index in [0.717, 1.165) is 6.54 Å². The van der Waals surface area contributed by atoms with E-state index < -0.39 is 0 Å². The molecule has 0 bridgehead atoms. The average Bonchev–Trinajstić information content (AvgIpc) is 2.76. The number of rotatable bonds is 2. The smallest absolute Gasteiger partial charge is 0.0459 e. The van der Waals surface area contributed by atoms with Crippen LogP contribution in [0.1, 0.15) is 30.0 Å². The lowest BCUT2D eigenvalue weighted by Gasteiger charge is -2.20. The molecule has 0 radical (unpaired) electrons. The number of aryl methyl sites for hydroxylation is 1. The summed E-state index contributed by atoms with van der Waals surface area (Å²) in [7, 11) is 0. The fraction of sp³-hybridized carbons (Fsp3) is 0.429. The van der Waals surface area contributed by atoms with Gasteiger partial charge >= 0.3 is 0 Å². The normalized spacial score (nSPS) is 19.5. The predicted molar refractivity (Wildman–Crippen MR) is 74.8 cm³/mol. The van der Waals surface area contributed by atoms with E-state index in [-0.39, 0.29) is 0 Å². The lowest BCUT2D eigenvalue weighted by molar-refractivity contribution is 0.553. The highest BCUT2D eigenvalue weighted by atomic mass is 32.2. The van der Waals surface area contributed by atoms with Crippen LogP contribution in [0.25, 0.3) is 10.9 Å². The van der Waals surface area contributed by atoms with Gasteiger partial charge in [-0.2, -0.15) is 0 Å². The van der Waals surface area contributed by atoms with Crippen LogP contribution < -0.4 is 5.73 Å². The van der Waals surface area contributed by atoms with Gasteiger partial charge in [-0.05, 0) is 49.3 Å². The van der Waals surface area contributed by atoms with Gasteiger partial charge in [0.15, 0.2) is 0 Å². The molecule has 1 heterocycles. The van der Waals surface area contributed by atoms with E-state index in [9.17, 15) is 0 Å². The number of aromatic amines is 1. The highest BCUT2D eigenvalue weighted by Gasteiger charge is 2.23. The number of benzene rings is 1. The van der Waals surface area contributed by atoms with E-state index in [1.54, 1.807) is 11.8 Å². The van der Waals surface area contributed by atoms with E-state index in [2.05, 4.69) is 29.4 Å². The number of H-pyrrole nitrogens is 1. The fourth-order valence-electron chi connectivity index (χ4n) is 2.90. The Hall–Kier alpha value is -0.930. The second-order valence-corrected chi connectivity index (χ2v) is 5.63. The van der Waals surface area contributed by atoms with Gasteiger partial charge in [-0.15, -0.1) is 11.8 Å². The maximum absolute atomic E-state index is 5.87. The Kier molecular flexibility index (Phi) is 2.89. The summed E-state index contributed by atoms with van der Waals surface area (Å²) >= 11 is 1.81. The van der Waals surface area contributed by atoms with Crippen molar-refractivity contribution in [2.75, 3.05) is 12.8 Å². The van der Waals surface area contributed by atoms with Crippen molar-refractivity contribution >= 4 is 22.7 Å². The van der Waals surface area contributed by atoms with Gasteiger partial charge in [-0.25, -0.2) is 0 Å². The van der Waals surface area contributed by atoms with Gasteiger partial charge in [-0.3, -0.25) is 0 Å². The van der Waals surface area contributed by atoms with Crippen LogP contribution in [0.4, 0.5) is 0 Å². The molecule has 1 aliphatic carbocycles. The third-order valence-corrected chi connectivity index (χ3v) is 4.54. The summed E-state index contributed by atoms with van der Waals surface area (Å²) in [5, 5.41) is 1.41. The zero-order valence-electron chi connectivity index (χ0n) is 10.1. The molecule has 3 N–H and O–H groups in total. The number of hydrogen-bond donors (Lipinski definition) is 2. The monoisotopic (exact) mass is 246 g/mol. The molecule has 3 rings (SSSR count). The summed E-state index contributed by atoms with van der Waals surface area (Å²) in [6, 6.07) is 6.70. The van der Waals surface area contributed by atoms with Crippen molar-refractivity contribution in [3.8, 4) is 0 Å². The number of nitrogens with one attached hydrogen (secondary N) is 1. The summed E-state index contributed by atoms with van der Waals surface area (Å²) in [5.41, 5.74) is 10.1. The van der Waals surface area contributed by atoms with Gasteiger partial charge in [-0.1, -0.05) is 0 Å². The molecule has 1 atom stereocenters. The van der Waals surface area contributed by atoms with E-state index in [1.807, 2.05) is 0 Å². The fourth-order valence-corrected chi connectivity index (χ4v) is 3.34. The van der Waals surface area contributed by atoms with E-state index in [4.69, 9.17) is 5.73 Å². The maximum Gasteiger partial charge on any atom is 0.0459 e. The SMILES string of the molecule is CSc1ccc2[nH]c3c(c2c1)CCCC3CN. The van der Waals surface area contributed by atoms with Crippen LogP contribution in [0.5, 0.6) is 0 Å². The van der Waals surface area contributed by atoms with Crippen molar-refractivity contribution in [2.45, 2.75) is 30.1 Å². The van der Waals surface area contributed by atoms with Gasteiger partial charge in [0, 0.05) is 34.0 Å². The number of hydrogen-bond acceptors (Lipinski definition) is 2. The lowest BCUT2D eigenvalue weighted by atomic mass is 9.87. The molecular formula is C14H18N2S. The second kappa shape index (κ2) is 4.39. The first-order chi connectivity index (χ1) is 8.33. The zero-order valence-corrected chi connectivity index (χ0v) is 10.9. The quantitative estimate of drug-likeness (QED) is 0.799. The van der Waals surface area contributed by atoms with Gasteiger partial charge in [0.05, 0.1) is 0 Å². The second-order valence-electron chi connectivity index (χ2n) is 4.75. The summed E-state index contributed by atoms with van der Waals surface area (Å²) in [4.78, 5) is 4.92. The number of fused-ring (bicyclic) bond motifs is 3. The first-order valence-electron chi connectivity index (χ1n) is 6.22. The van der Waals surface area contributed by atoms with Gasteiger partial charge in [0.1, 0.15) is 0 Å². The third-order valence-electron chi connectivity index (χ3n) is 3.82. The Balaban J connectivity index is 2.20. The summed E-state index contributed by atoms with van der Waals surface area (Å²) < 4.78 is 0. The van der Waals surface area contributed by atoms with E-state index >= 15 is 0 Å². The maximum atomic E-state index is 5.87. The molecule has 1 aromatic heterocycles. The Labute approximate surface area is 106 Å². The minimum Gasteiger partial charge on any atom is -0.358 e. The van der Waals surface area contributed by atoms with Crippen LogP contribution >= 0.6 is 11.8 Å². The predicted octanol–water partition coefficient (Wildman–Crippen LogP) is 3.27. The summed E-state index contributed by atoms with van der Waals surface area (Å²) in [6.07, 6.45) is 5.82. The Bertz CT molecular complexity index is 544. The average molecular weight is 246 g/mol. The Morgan fingerprint density at radius 1 is 1.47 bits per heavy atom. The minimum atomic E-state index is 0.531. The molecule has 0 spiro atoms. The van der Waals surface area contributed by atoms with Crippen LogP contribution in [0, 0.1) is 0 Å². The van der Waals surface area contributed by atoms with E-state index in [1.165, 1.54) is 46.3 Å². The molecule has 0 aliphatic heterocycles. The van der Waals surface area contributed by atoms with Gasteiger partial charge in [0.2, 0.25) is 0 Å². The van der Waals surface area contributed by atoms with Crippen molar-refractivity contribution in [1.29, 1.82) is 0 Å². The highest BCUT2D eigenvalue weighted by Crippen LogP contribution is 2.36.